The quantitative estimate of drug-likeness (QED) is 0.791. The van der Waals surface area contributed by atoms with Gasteiger partial charge in [-0.1, -0.05) is 24.3 Å². The maximum Gasteiger partial charge on any atom is 0.253 e. The van der Waals surface area contributed by atoms with E-state index >= 15 is 0 Å². The Hall–Kier alpha value is -2.69. The molecule has 0 atom stereocenters. The lowest BCUT2D eigenvalue weighted by Gasteiger charge is -2.22. The Morgan fingerprint density at radius 3 is 2.61 bits per heavy atom. The number of hydrogen-bond donors (Lipinski definition) is 0. The van der Waals surface area contributed by atoms with Crippen LogP contribution in [0, 0.1) is 11.3 Å². The van der Waals surface area contributed by atoms with Crippen LogP contribution in [0.5, 0.6) is 0 Å². The molecule has 2 aromatic carbocycles. The highest BCUT2D eigenvalue weighted by atomic mass is 32.2. The molecular formula is C21H23N3O3S. The molecule has 1 saturated heterocycles. The molecule has 1 fully saturated rings. The van der Waals surface area contributed by atoms with Crippen molar-refractivity contribution in [2.45, 2.75) is 17.9 Å². The Balaban J connectivity index is 1.68. The van der Waals surface area contributed by atoms with Gasteiger partial charge in [0, 0.05) is 44.5 Å². The van der Waals surface area contributed by atoms with Gasteiger partial charge in [0.1, 0.15) is 0 Å². The van der Waals surface area contributed by atoms with Gasteiger partial charge in [0.05, 0.1) is 16.5 Å². The van der Waals surface area contributed by atoms with Gasteiger partial charge in [0.25, 0.3) is 5.91 Å². The number of carbonyl (C=O) groups excluding carboxylic acids is 1. The minimum Gasteiger partial charge on any atom is -0.337 e. The van der Waals surface area contributed by atoms with Gasteiger partial charge in [0.2, 0.25) is 0 Å². The molecule has 7 heteroatoms. The summed E-state index contributed by atoms with van der Waals surface area (Å²) in [6, 6.07) is 16.0. The summed E-state index contributed by atoms with van der Waals surface area (Å²) in [5, 5.41) is 9.26. The minimum atomic E-state index is -3.35. The fraction of sp³-hybridized carbons (Fsp3) is 0.333. The number of carbonyl (C=O) groups is 1. The zero-order valence-corrected chi connectivity index (χ0v) is 16.7. The molecule has 0 bridgehead atoms. The van der Waals surface area contributed by atoms with E-state index in [0.29, 0.717) is 37.3 Å². The molecule has 0 saturated carbocycles. The normalized spacial score (nSPS) is 15.6. The number of sulfone groups is 1. The van der Waals surface area contributed by atoms with Gasteiger partial charge >= 0.3 is 0 Å². The third-order valence-electron chi connectivity index (χ3n) is 4.92. The van der Waals surface area contributed by atoms with Crippen molar-refractivity contribution >= 4 is 15.7 Å². The van der Waals surface area contributed by atoms with E-state index in [-0.39, 0.29) is 10.8 Å². The molecule has 28 heavy (non-hydrogen) atoms. The van der Waals surface area contributed by atoms with Gasteiger partial charge < -0.3 is 4.90 Å². The average molecular weight is 398 g/mol. The van der Waals surface area contributed by atoms with Gasteiger partial charge in [-0.05, 0) is 36.2 Å². The first-order valence-corrected chi connectivity index (χ1v) is 11.1. The number of hydrogen-bond acceptors (Lipinski definition) is 5. The number of nitrogens with zero attached hydrogens (tertiary/aromatic N) is 3. The molecule has 6 nitrogen and oxygen atoms in total. The van der Waals surface area contributed by atoms with Crippen molar-refractivity contribution < 1.29 is 13.2 Å². The van der Waals surface area contributed by atoms with Crippen molar-refractivity contribution in [3.63, 3.8) is 0 Å². The van der Waals surface area contributed by atoms with Crippen LogP contribution in [0.3, 0.4) is 0 Å². The van der Waals surface area contributed by atoms with E-state index in [1.54, 1.807) is 17.0 Å². The zero-order chi connectivity index (χ0) is 20.1. The zero-order valence-electron chi connectivity index (χ0n) is 15.8. The highest BCUT2D eigenvalue weighted by Crippen LogP contribution is 2.16. The molecule has 0 aromatic heterocycles. The lowest BCUT2D eigenvalue weighted by Crippen LogP contribution is -2.35. The van der Waals surface area contributed by atoms with E-state index in [1.165, 1.54) is 12.1 Å². The van der Waals surface area contributed by atoms with Gasteiger partial charge in [-0.3, -0.25) is 9.69 Å². The van der Waals surface area contributed by atoms with Crippen LogP contribution in [0.4, 0.5) is 0 Å². The summed E-state index contributed by atoms with van der Waals surface area (Å²) < 4.78 is 23.5. The molecule has 1 aliphatic rings. The summed E-state index contributed by atoms with van der Waals surface area (Å²) in [6.07, 6.45) is 1.96. The van der Waals surface area contributed by atoms with Gasteiger partial charge in [-0.25, -0.2) is 8.42 Å². The first-order chi connectivity index (χ1) is 13.4. The van der Waals surface area contributed by atoms with E-state index in [2.05, 4.69) is 11.0 Å². The second-order valence-electron chi connectivity index (χ2n) is 6.99. The van der Waals surface area contributed by atoms with Crippen molar-refractivity contribution in [1.29, 1.82) is 5.26 Å². The van der Waals surface area contributed by atoms with Crippen LogP contribution in [0.15, 0.2) is 53.4 Å². The monoisotopic (exact) mass is 397 g/mol. The fourth-order valence-electron chi connectivity index (χ4n) is 3.38. The molecule has 2 aromatic rings. The second kappa shape index (κ2) is 8.55. The van der Waals surface area contributed by atoms with Crippen molar-refractivity contribution in [2.24, 2.45) is 0 Å². The Bertz CT molecular complexity index is 1010. The number of rotatable bonds is 4. The van der Waals surface area contributed by atoms with Crippen molar-refractivity contribution in [2.75, 3.05) is 32.4 Å². The molecule has 1 amide bonds. The van der Waals surface area contributed by atoms with Gasteiger partial charge in [-0.2, -0.15) is 5.26 Å². The molecule has 146 valence electrons. The summed E-state index contributed by atoms with van der Waals surface area (Å²) >= 11 is 0. The lowest BCUT2D eigenvalue weighted by molar-refractivity contribution is 0.0761. The SMILES string of the molecule is CS(=O)(=O)c1cccc(C(=O)N2CCCN(Cc3ccccc3C#N)CC2)c1. The van der Waals surface area contributed by atoms with Gasteiger partial charge in [0.15, 0.2) is 9.84 Å². The van der Waals surface area contributed by atoms with E-state index in [9.17, 15) is 18.5 Å². The summed E-state index contributed by atoms with van der Waals surface area (Å²) in [5.41, 5.74) is 2.06. The Kier molecular flexibility index (Phi) is 6.12. The largest absolute Gasteiger partial charge is 0.337 e. The Labute approximate surface area is 165 Å². The molecule has 0 spiro atoms. The van der Waals surface area contributed by atoms with E-state index in [0.717, 1.165) is 24.8 Å². The number of nitriles is 1. The Morgan fingerprint density at radius 2 is 1.86 bits per heavy atom. The summed E-state index contributed by atoms with van der Waals surface area (Å²) in [4.78, 5) is 17.0. The summed E-state index contributed by atoms with van der Waals surface area (Å²) in [5.74, 6) is -0.148. The highest BCUT2D eigenvalue weighted by molar-refractivity contribution is 7.90. The maximum atomic E-state index is 12.9. The van der Waals surface area contributed by atoms with Crippen molar-refractivity contribution in [3.05, 3.63) is 65.2 Å². The van der Waals surface area contributed by atoms with E-state index in [4.69, 9.17) is 0 Å². The van der Waals surface area contributed by atoms with Gasteiger partial charge in [-0.15, -0.1) is 0 Å². The van der Waals surface area contributed by atoms with E-state index < -0.39 is 9.84 Å². The van der Waals surface area contributed by atoms with Crippen molar-refractivity contribution in [3.8, 4) is 6.07 Å². The summed E-state index contributed by atoms with van der Waals surface area (Å²) in [7, 11) is -3.35. The molecule has 1 aliphatic heterocycles. The average Bonchev–Trinajstić information content (AvgIpc) is 2.93. The predicted octanol–water partition coefficient (Wildman–Crippen LogP) is 2.31. The molecule has 1 heterocycles. The first kappa shape index (κ1) is 20.1. The van der Waals surface area contributed by atoms with Crippen LogP contribution >= 0.6 is 0 Å². The minimum absolute atomic E-state index is 0.148. The molecule has 0 unspecified atom stereocenters. The predicted molar refractivity (Wildman–Crippen MR) is 107 cm³/mol. The maximum absolute atomic E-state index is 12.9. The fourth-order valence-corrected chi connectivity index (χ4v) is 4.05. The third kappa shape index (κ3) is 4.77. The molecular weight excluding hydrogens is 374 g/mol. The topological polar surface area (TPSA) is 81.5 Å². The van der Waals surface area contributed by atoms with Crippen LogP contribution < -0.4 is 0 Å². The standard InChI is InChI=1S/C21H23N3O3S/c1-28(26,27)20-9-4-8-17(14-20)21(25)24-11-5-10-23(12-13-24)16-19-7-3-2-6-18(19)15-22/h2-4,6-9,14H,5,10-13,16H2,1H3. The van der Waals surface area contributed by atoms with Crippen LogP contribution in [0.2, 0.25) is 0 Å². The highest BCUT2D eigenvalue weighted by Gasteiger charge is 2.22. The third-order valence-corrected chi connectivity index (χ3v) is 6.03. The second-order valence-corrected chi connectivity index (χ2v) is 9.01. The molecule has 3 rings (SSSR count). The molecule has 0 N–H and O–H groups in total. The van der Waals surface area contributed by atoms with Crippen LogP contribution in [-0.4, -0.2) is 56.6 Å². The Morgan fingerprint density at radius 1 is 1.07 bits per heavy atom. The van der Waals surface area contributed by atoms with Crippen LogP contribution in [0.25, 0.3) is 0 Å². The smallest absolute Gasteiger partial charge is 0.253 e. The molecule has 0 radical (unpaired) electrons. The van der Waals surface area contributed by atoms with E-state index in [1.807, 2.05) is 24.3 Å². The first-order valence-electron chi connectivity index (χ1n) is 9.18. The summed E-state index contributed by atoms with van der Waals surface area (Å²) in [6.45, 7) is 3.41. The number of amides is 1. The van der Waals surface area contributed by atoms with Crippen molar-refractivity contribution in [1.82, 2.24) is 9.80 Å². The molecule has 0 aliphatic carbocycles. The number of benzene rings is 2. The van der Waals surface area contributed by atoms with Crippen LogP contribution in [-0.2, 0) is 16.4 Å². The lowest BCUT2D eigenvalue weighted by atomic mass is 10.1. The van der Waals surface area contributed by atoms with Crippen LogP contribution in [0.1, 0.15) is 27.9 Å².